The molecular weight excluding hydrogens is 406 g/mol. The Hall–Kier alpha value is -3.00. The van der Waals surface area contributed by atoms with Crippen LogP contribution >= 0.6 is 0 Å². The van der Waals surface area contributed by atoms with E-state index >= 15 is 0 Å². The third kappa shape index (κ3) is 4.14. The lowest BCUT2D eigenvalue weighted by Gasteiger charge is -2.26. The molecule has 2 aromatic carbocycles. The second-order valence-corrected chi connectivity index (χ2v) is 9.50. The summed E-state index contributed by atoms with van der Waals surface area (Å²) in [6, 6.07) is 14.3. The van der Waals surface area contributed by atoms with Gasteiger partial charge in [0, 0.05) is 5.56 Å². The third-order valence-electron chi connectivity index (χ3n) is 5.27. The topological polar surface area (TPSA) is 107 Å². The van der Waals surface area contributed by atoms with Crippen LogP contribution in [0.25, 0.3) is 0 Å². The first-order valence-corrected chi connectivity index (χ1v) is 11.1. The average molecular weight is 429 g/mol. The van der Waals surface area contributed by atoms with Crippen LogP contribution in [0.2, 0.25) is 0 Å². The van der Waals surface area contributed by atoms with E-state index in [1.165, 1.54) is 19.1 Å². The van der Waals surface area contributed by atoms with Gasteiger partial charge in [-0.1, -0.05) is 43.2 Å². The van der Waals surface area contributed by atoms with Crippen molar-refractivity contribution >= 4 is 33.2 Å². The van der Waals surface area contributed by atoms with E-state index in [0.717, 1.165) is 0 Å². The predicted molar refractivity (Wildman–Crippen MR) is 111 cm³/mol. The summed E-state index contributed by atoms with van der Waals surface area (Å²) >= 11 is 0. The van der Waals surface area contributed by atoms with E-state index in [1.54, 1.807) is 42.5 Å². The number of benzene rings is 2. The third-order valence-corrected chi connectivity index (χ3v) is 7.76. The molecule has 0 radical (unpaired) electrons. The molecule has 0 heterocycles. The normalized spacial score (nSPS) is 15.4. The van der Waals surface area contributed by atoms with Gasteiger partial charge in [-0.05, 0) is 44.0 Å². The molecule has 0 unspecified atom stereocenters. The first kappa shape index (κ1) is 21.7. The van der Waals surface area contributed by atoms with E-state index in [0.29, 0.717) is 24.1 Å². The lowest BCUT2D eigenvalue weighted by molar-refractivity contribution is -0.149. The fourth-order valence-corrected chi connectivity index (χ4v) is 5.77. The zero-order valence-corrected chi connectivity index (χ0v) is 17.4. The fourth-order valence-electron chi connectivity index (χ4n) is 3.70. The molecule has 1 aliphatic rings. The van der Waals surface area contributed by atoms with Gasteiger partial charge < -0.3 is 10.1 Å². The van der Waals surface area contributed by atoms with Gasteiger partial charge in [0.05, 0.1) is 10.6 Å². The predicted octanol–water partition coefficient (Wildman–Crippen LogP) is 3.16. The largest absolute Gasteiger partial charge is 0.454 e. The fraction of sp³-hybridized carbons (Fsp3) is 0.318. The second kappa shape index (κ2) is 8.79. The van der Waals surface area contributed by atoms with Crippen molar-refractivity contribution in [2.24, 2.45) is 0 Å². The first-order chi connectivity index (χ1) is 14.3. The standard InChI is InChI=1S/C22H23NO6S/c1-16(24)18-11-5-6-12-19(18)23-20(25)15-29-21(26)22(13-7-8-14-22)30(27,28)17-9-3-2-4-10-17/h2-6,9-12H,7-8,13-15H2,1H3,(H,23,25). The number of anilines is 1. The molecule has 3 rings (SSSR count). The Labute approximate surface area is 175 Å². The maximum absolute atomic E-state index is 13.2. The van der Waals surface area contributed by atoms with Crippen molar-refractivity contribution in [3.8, 4) is 0 Å². The molecule has 158 valence electrons. The lowest BCUT2D eigenvalue weighted by Crippen LogP contribution is -2.46. The van der Waals surface area contributed by atoms with Crippen molar-refractivity contribution in [2.45, 2.75) is 42.2 Å². The molecule has 1 N–H and O–H groups in total. The van der Waals surface area contributed by atoms with Gasteiger partial charge in [-0.3, -0.25) is 14.4 Å². The van der Waals surface area contributed by atoms with Gasteiger partial charge in [0.25, 0.3) is 5.91 Å². The summed E-state index contributed by atoms with van der Waals surface area (Å²) in [5.74, 6) is -1.79. The molecule has 0 aliphatic heterocycles. The molecule has 1 aliphatic carbocycles. The summed E-state index contributed by atoms with van der Waals surface area (Å²) in [4.78, 5) is 36.9. The van der Waals surface area contributed by atoms with Gasteiger partial charge in [0.2, 0.25) is 0 Å². The molecule has 8 heteroatoms. The number of carbonyl (C=O) groups is 3. The number of esters is 1. The van der Waals surface area contributed by atoms with E-state index in [1.807, 2.05) is 0 Å². The van der Waals surface area contributed by atoms with Crippen LogP contribution < -0.4 is 5.32 Å². The SMILES string of the molecule is CC(=O)c1ccccc1NC(=O)COC(=O)C1(S(=O)(=O)c2ccccc2)CCCC1. The summed E-state index contributed by atoms with van der Waals surface area (Å²) in [7, 11) is -3.98. The van der Waals surface area contributed by atoms with Crippen LogP contribution in [0, 0.1) is 0 Å². The van der Waals surface area contributed by atoms with E-state index < -0.39 is 33.1 Å². The molecule has 1 amide bonds. The highest BCUT2D eigenvalue weighted by Crippen LogP contribution is 2.41. The van der Waals surface area contributed by atoms with E-state index in [2.05, 4.69) is 5.32 Å². The number of ether oxygens (including phenoxy) is 1. The molecule has 0 atom stereocenters. The minimum atomic E-state index is -3.98. The van der Waals surface area contributed by atoms with Crippen LogP contribution in [-0.4, -0.2) is 37.4 Å². The molecule has 0 spiro atoms. The second-order valence-electron chi connectivity index (χ2n) is 7.24. The van der Waals surface area contributed by atoms with Gasteiger partial charge in [-0.15, -0.1) is 0 Å². The maximum Gasteiger partial charge on any atom is 0.328 e. The lowest BCUT2D eigenvalue weighted by atomic mass is 10.1. The maximum atomic E-state index is 13.2. The first-order valence-electron chi connectivity index (χ1n) is 9.65. The van der Waals surface area contributed by atoms with Gasteiger partial charge in [-0.25, -0.2) is 8.42 Å². The summed E-state index contributed by atoms with van der Waals surface area (Å²) in [5.41, 5.74) is 0.634. The van der Waals surface area contributed by atoms with Crippen molar-refractivity contribution in [1.29, 1.82) is 0 Å². The van der Waals surface area contributed by atoms with Crippen LogP contribution in [0.3, 0.4) is 0 Å². The molecule has 1 fully saturated rings. The van der Waals surface area contributed by atoms with Crippen LogP contribution in [0.4, 0.5) is 5.69 Å². The highest BCUT2D eigenvalue weighted by molar-refractivity contribution is 7.93. The minimum absolute atomic E-state index is 0.0590. The number of sulfone groups is 1. The quantitative estimate of drug-likeness (QED) is 0.535. The number of Topliss-reactive ketones (excluding diaryl/α,β-unsaturated/α-hetero) is 1. The summed E-state index contributed by atoms with van der Waals surface area (Å²) in [5, 5.41) is 2.53. The number of hydrogen-bond donors (Lipinski definition) is 1. The van der Waals surface area contributed by atoms with Gasteiger partial charge in [0.15, 0.2) is 27.0 Å². The Kier molecular flexibility index (Phi) is 6.36. The molecule has 1 saturated carbocycles. The summed E-state index contributed by atoms with van der Waals surface area (Å²) < 4.78 is 29.9. The Bertz CT molecular complexity index is 1060. The molecule has 0 aromatic heterocycles. The van der Waals surface area contributed by atoms with Crippen molar-refractivity contribution in [1.82, 2.24) is 0 Å². The van der Waals surface area contributed by atoms with Gasteiger partial charge >= 0.3 is 5.97 Å². The Morgan fingerprint density at radius 2 is 1.57 bits per heavy atom. The zero-order chi connectivity index (χ0) is 21.8. The van der Waals surface area contributed by atoms with Crippen LogP contribution in [0.5, 0.6) is 0 Å². The van der Waals surface area contributed by atoms with Crippen LogP contribution in [0.15, 0.2) is 59.5 Å². The van der Waals surface area contributed by atoms with E-state index in [-0.39, 0.29) is 23.5 Å². The van der Waals surface area contributed by atoms with Crippen molar-refractivity contribution in [3.63, 3.8) is 0 Å². The molecule has 7 nitrogen and oxygen atoms in total. The van der Waals surface area contributed by atoms with Gasteiger partial charge in [-0.2, -0.15) is 0 Å². The number of carbonyl (C=O) groups excluding carboxylic acids is 3. The number of rotatable bonds is 7. The van der Waals surface area contributed by atoms with Crippen LogP contribution in [-0.2, 0) is 24.2 Å². The van der Waals surface area contributed by atoms with Crippen molar-refractivity contribution < 1.29 is 27.5 Å². The monoisotopic (exact) mass is 429 g/mol. The van der Waals surface area contributed by atoms with Crippen molar-refractivity contribution in [3.05, 3.63) is 60.2 Å². The molecule has 0 bridgehead atoms. The molecule has 2 aromatic rings. The number of para-hydroxylation sites is 1. The summed E-state index contributed by atoms with van der Waals surface area (Å²) in [6.45, 7) is 0.737. The number of amides is 1. The number of ketones is 1. The zero-order valence-electron chi connectivity index (χ0n) is 16.6. The number of nitrogens with one attached hydrogen (secondary N) is 1. The smallest absolute Gasteiger partial charge is 0.328 e. The summed E-state index contributed by atoms with van der Waals surface area (Å²) in [6.07, 6.45) is 1.47. The van der Waals surface area contributed by atoms with Crippen LogP contribution in [0.1, 0.15) is 43.0 Å². The van der Waals surface area contributed by atoms with E-state index in [4.69, 9.17) is 4.74 Å². The minimum Gasteiger partial charge on any atom is -0.454 e. The highest BCUT2D eigenvalue weighted by Gasteiger charge is 2.54. The average Bonchev–Trinajstić information content (AvgIpc) is 3.25. The number of hydrogen-bond acceptors (Lipinski definition) is 6. The Morgan fingerprint density at radius 1 is 0.967 bits per heavy atom. The molecule has 30 heavy (non-hydrogen) atoms. The Morgan fingerprint density at radius 3 is 2.20 bits per heavy atom. The molecule has 0 saturated heterocycles. The van der Waals surface area contributed by atoms with Gasteiger partial charge in [0.1, 0.15) is 0 Å². The highest BCUT2D eigenvalue weighted by atomic mass is 32.2. The van der Waals surface area contributed by atoms with E-state index in [9.17, 15) is 22.8 Å². The molecular formula is C22H23NO6S. The Balaban J connectivity index is 1.74. The van der Waals surface area contributed by atoms with Crippen molar-refractivity contribution in [2.75, 3.05) is 11.9 Å².